The Labute approximate surface area is 103 Å². The number of aromatic nitrogens is 1. The van der Waals surface area contributed by atoms with Crippen LogP contribution in [0.1, 0.15) is 5.56 Å². The summed E-state index contributed by atoms with van der Waals surface area (Å²) in [6.45, 7) is 0. The zero-order chi connectivity index (χ0) is 11.9. The average Bonchev–Trinajstić information content (AvgIpc) is 1.99. The molecular formula is C9H11Cl2F3N2. The Bertz CT molecular complexity index is 340. The molecule has 7 heteroatoms. The summed E-state index contributed by atoms with van der Waals surface area (Å²) in [6.07, 6.45) is -4.39. The summed E-state index contributed by atoms with van der Waals surface area (Å²) in [5.41, 5.74) is -0.773. The number of pyridine rings is 1. The molecule has 0 N–H and O–H groups in total. The van der Waals surface area contributed by atoms with Crippen LogP contribution in [0.2, 0.25) is 5.15 Å². The van der Waals surface area contributed by atoms with Gasteiger partial charge in [0.05, 0.1) is 26.7 Å². The number of quaternary nitrogens is 1. The van der Waals surface area contributed by atoms with E-state index in [0.717, 1.165) is 12.1 Å². The van der Waals surface area contributed by atoms with Crippen LogP contribution in [0.5, 0.6) is 0 Å². The van der Waals surface area contributed by atoms with E-state index in [2.05, 4.69) is 4.98 Å². The first-order valence-electron chi connectivity index (χ1n) is 4.17. The van der Waals surface area contributed by atoms with Gasteiger partial charge >= 0.3 is 6.18 Å². The third-order valence-electron chi connectivity index (χ3n) is 1.80. The van der Waals surface area contributed by atoms with Gasteiger partial charge in [0.2, 0.25) is 5.82 Å². The molecule has 0 saturated heterocycles. The molecule has 0 radical (unpaired) electrons. The normalized spacial score (nSPS) is 12.2. The molecule has 0 saturated carbocycles. The molecule has 0 fully saturated rings. The highest BCUT2D eigenvalue weighted by Crippen LogP contribution is 2.33. The predicted octanol–water partition coefficient (Wildman–Crippen LogP) is -0.0455. The number of rotatable bonds is 1. The first-order valence-corrected chi connectivity index (χ1v) is 4.55. The van der Waals surface area contributed by atoms with Gasteiger partial charge in [-0.05, 0) is 6.07 Å². The summed E-state index contributed by atoms with van der Waals surface area (Å²) in [6, 6.07) is 1.83. The van der Waals surface area contributed by atoms with E-state index in [9.17, 15) is 13.2 Å². The van der Waals surface area contributed by atoms with Gasteiger partial charge in [-0.3, -0.25) is 4.48 Å². The van der Waals surface area contributed by atoms with E-state index in [1.165, 1.54) is 0 Å². The Morgan fingerprint density at radius 3 is 2.06 bits per heavy atom. The van der Waals surface area contributed by atoms with Gasteiger partial charge in [0.15, 0.2) is 0 Å². The van der Waals surface area contributed by atoms with Gasteiger partial charge in [0.1, 0.15) is 5.15 Å². The average molecular weight is 275 g/mol. The second kappa shape index (κ2) is 4.77. The van der Waals surface area contributed by atoms with E-state index < -0.39 is 11.7 Å². The predicted molar refractivity (Wildman–Crippen MR) is 53.8 cm³/mol. The van der Waals surface area contributed by atoms with Gasteiger partial charge < -0.3 is 12.4 Å². The van der Waals surface area contributed by atoms with Crippen LogP contribution in [-0.4, -0.2) is 26.1 Å². The maximum absolute atomic E-state index is 12.4. The molecule has 0 spiro atoms. The zero-order valence-corrected chi connectivity index (χ0v) is 10.5. The number of hydrogen-bond donors (Lipinski definition) is 0. The van der Waals surface area contributed by atoms with Crippen LogP contribution in [0.4, 0.5) is 19.0 Å². The standard InChI is InChI=1S/C9H11ClF3N2.ClH/c1-15(2,3)8-5-6(9(11,12)13)4-7(10)14-8;/h4-5H,1-3H3;1H/q+1;/p-1. The highest BCUT2D eigenvalue weighted by atomic mass is 35.5. The van der Waals surface area contributed by atoms with E-state index in [1.54, 1.807) is 21.1 Å². The summed E-state index contributed by atoms with van der Waals surface area (Å²) in [5.74, 6) is 0.273. The summed E-state index contributed by atoms with van der Waals surface area (Å²) in [5, 5.41) is -0.145. The number of alkyl halides is 3. The third-order valence-corrected chi connectivity index (χ3v) is 1.99. The van der Waals surface area contributed by atoms with Gasteiger partial charge in [-0.1, -0.05) is 11.6 Å². The van der Waals surface area contributed by atoms with Crippen LogP contribution in [-0.2, 0) is 6.18 Å². The van der Waals surface area contributed by atoms with E-state index in [0.29, 0.717) is 0 Å². The first-order chi connectivity index (χ1) is 6.60. The Morgan fingerprint density at radius 2 is 1.69 bits per heavy atom. The molecular weight excluding hydrogens is 264 g/mol. The van der Waals surface area contributed by atoms with Crippen LogP contribution < -0.4 is 16.9 Å². The zero-order valence-electron chi connectivity index (χ0n) is 8.94. The lowest BCUT2D eigenvalue weighted by atomic mass is 10.2. The monoisotopic (exact) mass is 274 g/mol. The van der Waals surface area contributed by atoms with Gasteiger partial charge in [-0.25, -0.2) is 0 Å². The highest BCUT2D eigenvalue weighted by Gasteiger charge is 2.33. The molecule has 1 aromatic heterocycles. The molecule has 0 bridgehead atoms. The van der Waals surface area contributed by atoms with Crippen molar-refractivity contribution < 1.29 is 25.6 Å². The van der Waals surface area contributed by atoms with Gasteiger partial charge in [-0.15, -0.1) is 0 Å². The quantitative estimate of drug-likeness (QED) is 0.517. The van der Waals surface area contributed by atoms with Crippen molar-refractivity contribution in [3.05, 3.63) is 22.8 Å². The second-order valence-corrected chi connectivity index (χ2v) is 4.43. The molecule has 1 heterocycles. The number of halogens is 5. The molecule has 0 amide bonds. The fraction of sp³-hybridized carbons (Fsp3) is 0.444. The van der Waals surface area contributed by atoms with Crippen LogP contribution >= 0.6 is 11.6 Å². The lowest BCUT2D eigenvalue weighted by molar-refractivity contribution is -0.137. The van der Waals surface area contributed by atoms with Gasteiger partial charge in [-0.2, -0.15) is 18.2 Å². The maximum Gasteiger partial charge on any atom is 0.416 e. The molecule has 1 rings (SSSR count). The molecule has 0 atom stereocenters. The Morgan fingerprint density at radius 1 is 1.19 bits per heavy atom. The Balaban J connectivity index is 0.00000225. The van der Waals surface area contributed by atoms with Crippen LogP contribution in [0.15, 0.2) is 12.1 Å². The second-order valence-electron chi connectivity index (χ2n) is 4.05. The smallest absolute Gasteiger partial charge is 0.416 e. The largest absolute Gasteiger partial charge is 1.00 e. The fourth-order valence-corrected chi connectivity index (χ4v) is 1.19. The van der Waals surface area contributed by atoms with Crippen molar-refractivity contribution in [2.24, 2.45) is 0 Å². The van der Waals surface area contributed by atoms with E-state index >= 15 is 0 Å². The molecule has 92 valence electrons. The summed E-state index contributed by atoms with van der Waals surface area (Å²) in [7, 11) is 5.16. The van der Waals surface area contributed by atoms with Crippen molar-refractivity contribution in [2.75, 3.05) is 21.1 Å². The van der Waals surface area contributed by atoms with E-state index in [1.807, 2.05) is 0 Å². The van der Waals surface area contributed by atoms with Crippen LogP contribution in [0.25, 0.3) is 0 Å². The van der Waals surface area contributed by atoms with Crippen molar-refractivity contribution in [1.29, 1.82) is 0 Å². The van der Waals surface area contributed by atoms with Crippen molar-refractivity contribution in [3.8, 4) is 0 Å². The van der Waals surface area contributed by atoms with Crippen molar-refractivity contribution in [1.82, 2.24) is 9.47 Å². The maximum atomic E-state index is 12.4. The minimum absolute atomic E-state index is 0. The fourth-order valence-electron chi connectivity index (χ4n) is 0.990. The minimum Gasteiger partial charge on any atom is -1.00 e. The summed E-state index contributed by atoms with van der Waals surface area (Å²) < 4.78 is 37.5. The molecule has 16 heavy (non-hydrogen) atoms. The Hall–Kier alpha value is -0.520. The van der Waals surface area contributed by atoms with E-state index in [4.69, 9.17) is 11.6 Å². The van der Waals surface area contributed by atoms with Gasteiger partial charge in [0.25, 0.3) is 0 Å². The lowest BCUT2D eigenvalue weighted by Gasteiger charge is -2.22. The Kier molecular flexibility index (Phi) is 4.62. The molecule has 0 aliphatic carbocycles. The first kappa shape index (κ1) is 15.5. The van der Waals surface area contributed by atoms with Gasteiger partial charge in [0, 0.05) is 6.07 Å². The molecule has 0 aromatic carbocycles. The summed E-state index contributed by atoms with van der Waals surface area (Å²) >= 11 is 5.54. The SMILES string of the molecule is C[N+](C)(C)c1cc(C(F)(F)F)cc(Cl)n1.[Cl-]. The molecule has 0 aliphatic rings. The van der Waals surface area contributed by atoms with Crippen LogP contribution in [0.3, 0.4) is 0 Å². The third kappa shape index (κ3) is 3.81. The molecule has 2 nitrogen and oxygen atoms in total. The molecule has 1 aromatic rings. The van der Waals surface area contributed by atoms with Crippen molar-refractivity contribution in [3.63, 3.8) is 0 Å². The van der Waals surface area contributed by atoms with Crippen molar-refractivity contribution in [2.45, 2.75) is 6.18 Å². The lowest BCUT2D eigenvalue weighted by Crippen LogP contribution is -3.00. The molecule has 0 unspecified atom stereocenters. The number of nitrogens with zero attached hydrogens (tertiary/aromatic N) is 2. The number of hydrogen-bond acceptors (Lipinski definition) is 1. The topological polar surface area (TPSA) is 12.9 Å². The minimum atomic E-state index is -4.39. The highest BCUT2D eigenvalue weighted by molar-refractivity contribution is 6.29. The molecule has 0 aliphatic heterocycles. The van der Waals surface area contributed by atoms with E-state index in [-0.39, 0.29) is 27.9 Å². The summed E-state index contributed by atoms with van der Waals surface area (Å²) in [4.78, 5) is 3.86. The van der Waals surface area contributed by atoms with Crippen molar-refractivity contribution >= 4 is 17.4 Å². The van der Waals surface area contributed by atoms with Crippen LogP contribution in [0, 0.1) is 0 Å².